The lowest BCUT2D eigenvalue weighted by Gasteiger charge is -2.51. The number of nitrogens with one attached hydrogen (secondary N) is 1. The molecule has 1 fully saturated rings. The first-order chi connectivity index (χ1) is 15.5. The molecule has 1 heterocycles. The zero-order valence-electron chi connectivity index (χ0n) is 20.5. The largest absolute Gasteiger partial charge is 0.445 e. The van der Waals surface area contributed by atoms with Crippen LogP contribution in [0.2, 0.25) is 18.1 Å². The maximum absolute atomic E-state index is 13.1. The molecule has 2 amide bonds. The minimum Gasteiger partial charge on any atom is -0.445 e. The molecular weight excluding hydrogens is 432 g/mol. The van der Waals surface area contributed by atoms with E-state index in [-0.39, 0.29) is 29.7 Å². The van der Waals surface area contributed by atoms with Crippen molar-refractivity contribution in [3.8, 4) is 0 Å². The van der Waals surface area contributed by atoms with Gasteiger partial charge in [-0.25, -0.2) is 4.79 Å². The van der Waals surface area contributed by atoms with Crippen molar-refractivity contribution in [1.29, 1.82) is 0 Å². The molecule has 1 aliphatic heterocycles. The van der Waals surface area contributed by atoms with E-state index in [1.165, 1.54) is 0 Å². The molecule has 2 aromatic carbocycles. The third kappa shape index (κ3) is 6.03. The van der Waals surface area contributed by atoms with Gasteiger partial charge in [-0.3, -0.25) is 4.79 Å². The monoisotopic (exact) mass is 468 g/mol. The second-order valence-electron chi connectivity index (χ2n) is 10.2. The summed E-state index contributed by atoms with van der Waals surface area (Å²) in [5, 5.41) is 2.83. The lowest BCUT2D eigenvalue weighted by molar-refractivity contribution is -0.158. The van der Waals surface area contributed by atoms with Crippen molar-refractivity contribution in [3.05, 3.63) is 71.8 Å². The molecule has 7 heteroatoms. The van der Waals surface area contributed by atoms with E-state index in [0.717, 1.165) is 11.1 Å². The number of likely N-dealkylation sites (tertiary alicyclic amines) is 1. The summed E-state index contributed by atoms with van der Waals surface area (Å²) in [5.41, 5.74) is 1.94. The maximum Gasteiger partial charge on any atom is 0.408 e. The van der Waals surface area contributed by atoms with Gasteiger partial charge in [-0.1, -0.05) is 81.4 Å². The Morgan fingerprint density at radius 1 is 1.03 bits per heavy atom. The molecule has 1 saturated heterocycles. The van der Waals surface area contributed by atoms with E-state index in [1.807, 2.05) is 67.6 Å². The van der Waals surface area contributed by atoms with Gasteiger partial charge < -0.3 is 19.4 Å². The van der Waals surface area contributed by atoms with Crippen molar-refractivity contribution in [2.45, 2.75) is 77.2 Å². The molecule has 0 saturated carbocycles. The Morgan fingerprint density at radius 3 is 2.12 bits per heavy atom. The molecule has 1 N–H and O–H groups in total. The number of carbonyl (C=O) groups is 2. The minimum absolute atomic E-state index is 0.0385. The number of hydrogen-bond donors (Lipinski definition) is 1. The number of alkyl carbamates (subject to hydrolysis) is 1. The summed E-state index contributed by atoms with van der Waals surface area (Å²) in [6.45, 7) is 13.6. The predicted octanol–water partition coefficient (Wildman–Crippen LogP) is 5.10. The highest BCUT2D eigenvalue weighted by Crippen LogP contribution is 2.39. The number of hydrogen-bond acceptors (Lipinski definition) is 4. The molecule has 0 radical (unpaired) electrons. The molecule has 178 valence electrons. The summed E-state index contributed by atoms with van der Waals surface area (Å²) in [4.78, 5) is 27.4. The van der Waals surface area contributed by atoms with Crippen molar-refractivity contribution in [2.24, 2.45) is 0 Å². The van der Waals surface area contributed by atoms with Crippen LogP contribution in [-0.2, 0) is 27.1 Å². The standard InChI is InChI=1S/C26H36N2O4Si/c1-19(32-33(5,6)26(2,3)4)23-22(24(29)28(23)17-20-13-9-7-10-14-20)27-25(30)31-18-21-15-11-8-12-16-21/h7-16,19,22-23H,17-18H2,1-6H3,(H,27,30)/t19-,22-,23+/m0/s1. The Morgan fingerprint density at radius 2 is 1.58 bits per heavy atom. The van der Waals surface area contributed by atoms with Crippen molar-refractivity contribution < 1.29 is 18.8 Å². The zero-order valence-corrected chi connectivity index (χ0v) is 21.5. The van der Waals surface area contributed by atoms with E-state index < -0.39 is 20.5 Å². The normalized spacial score (nSPS) is 19.6. The number of benzene rings is 2. The van der Waals surface area contributed by atoms with Crippen LogP contribution in [0.25, 0.3) is 0 Å². The molecule has 0 unspecified atom stereocenters. The van der Waals surface area contributed by atoms with Crippen LogP contribution in [0.15, 0.2) is 60.7 Å². The first kappa shape index (κ1) is 25.0. The number of rotatable bonds is 8. The Hall–Kier alpha value is -2.64. The van der Waals surface area contributed by atoms with Gasteiger partial charge in [-0.15, -0.1) is 0 Å². The molecule has 33 heavy (non-hydrogen) atoms. The van der Waals surface area contributed by atoms with Gasteiger partial charge in [0.15, 0.2) is 8.32 Å². The van der Waals surface area contributed by atoms with Gasteiger partial charge in [0.1, 0.15) is 12.6 Å². The molecule has 3 atom stereocenters. The van der Waals surface area contributed by atoms with Gasteiger partial charge in [-0.2, -0.15) is 0 Å². The van der Waals surface area contributed by atoms with Gasteiger partial charge in [0.25, 0.3) is 0 Å². The quantitative estimate of drug-likeness (QED) is 0.432. The molecule has 0 aromatic heterocycles. The average Bonchev–Trinajstić information content (AvgIpc) is 2.76. The Kier molecular flexibility index (Phi) is 7.64. The smallest absolute Gasteiger partial charge is 0.408 e. The van der Waals surface area contributed by atoms with E-state index in [0.29, 0.717) is 6.54 Å². The zero-order chi connectivity index (χ0) is 24.2. The summed E-state index contributed by atoms with van der Waals surface area (Å²) >= 11 is 0. The SMILES string of the molecule is C[C@H](O[Si](C)(C)C(C)(C)C)[C@@H]1[C@H](NC(=O)OCc2ccccc2)C(=O)N1Cc1ccccc1. The molecule has 0 aliphatic carbocycles. The van der Waals surface area contributed by atoms with Gasteiger partial charge >= 0.3 is 6.09 Å². The van der Waals surface area contributed by atoms with Crippen LogP contribution < -0.4 is 5.32 Å². The molecule has 0 bridgehead atoms. The van der Waals surface area contributed by atoms with E-state index in [1.54, 1.807) is 4.90 Å². The molecule has 3 rings (SSSR count). The van der Waals surface area contributed by atoms with E-state index in [4.69, 9.17) is 9.16 Å². The van der Waals surface area contributed by atoms with Crippen molar-refractivity contribution in [3.63, 3.8) is 0 Å². The Bertz CT molecular complexity index is 944. The fourth-order valence-electron chi connectivity index (χ4n) is 3.81. The lowest BCUT2D eigenvalue weighted by atomic mass is 9.90. The van der Waals surface area contributed by atoms with Crippen LogP contribution in [-0.4, -0.2) is 43.4 Å². The molecule has 0 spiro atoms. The third-order valence-corrected chi connectivity index (χ3v) is 11.3. The second-order valence-corrected chi connectivity index (χ2v) is 15.0. The van der Waals surface area contributed by atoms with E-state index in [2.05, 4.69) is 39.2 Å². The number of carbonyl (C=O) groups excluding carboxylic acids is 2. The minimum atomic E-state index is -2.07. The second kappa shape index (κ2) is 10.1. The number of amides is 2. The maximum atomic E-state index is 13.1. The van der Waals surface area contributed by atoms with Crippen LogP contribution in [0.1, 0.15) is 38.8 Å². The van der Waals surface area contributed by atoms with E-state index in [9.17, 15) is 9.59 Å². The summed E-state index contributed by atoms with van der Waals surface area (Å²) in [6.07, 6.45) is -0.826. The first-order valence-electron chi connectivity index (χ1n) is 11.5. The van der Waals surface area contributed by atoms with Crippen molar-refractivity contribution in [2.75, 3.05) is 0 Å². The molecule has 2 aromatic rings. The molecule has 6 nitrogen and oxygen atoms in total. The number of nitrogens with zero attached hydrogens (tertiary/aromatic N) is 1. The predicted molar refractivity (Wildman–Crippen MR) is 132 cm³/mol. The topological polar surface area (TPSA) is 67.9 Å². The van der Waals surface area contributed by atoms with E-state index >= 15 is 0 Å². The highest BCUT2D eigenvalue weighted by Gasteiger charge is 2.53. The fourth-order valence-corrected chi connectivity index (χ4v) is 5.23. The van der Waals surface area contributed by atoms with Crippen LogP contribution in [0.4, 0.5) is 4.79 Å². The highest BCUT2D eigenvalue weighted by molar-refractivity contribution is 6.74. The summed E-state index contributed by atoms with van der Waals surface area (Å²) < 4.78 is 12.0. The van der Waals surface area contributed by atoms with Crippen LogP contribution in [0.3, 0.4) is 0 Å². The van der Waals surface area contributed by atoms with Gasteiger partial charge in [0.05, 0.1) is 12.1 Å². The fraction of sp³-hybridized carbons (Fsp3) is 0.462. The number of ether oxygens (including phenoxy) is 1. The van der Waals surface area contributed by atoms with Crippen LogP contribution >= 0.6 is 0 Å². The molecule has 1 aliphatic rings. The van der Waals surface area contributed by atoms with Gasteiger partial charge in [0.2, 0.25) is 5.91 Å². The summed E-state index contributed by atoms with van der Waals surface area (Å²) in [6, 6.07) is 18.4. The van der Waals surface area contributed by atoms with Crippen LogP contribution in [0.5, 0.6) is 0 Å². The average molecular weight is 469 g/mol. The lowest BCUT2D eigenvalue weighted by Crippen LogP contribution is -2.74. The number of β-lactam (4-membered cyclic amide) rings is 1. The van der Waals surface area contributed by atoms with Gasteiger partial charge in [-0.05, 0) is 36.2 Å². The van der Waals surface area contributed by atoms with Crippen molar-refractivity contribution >= 4 is 20.3 Å². The Labute approximate surface area is 198 Å². The first-order valence-corrected chi connectivity index (χ1v) is 14.4. The highest BCUT2D eigenvalue weighted by atomic mass is 28.4. The van der Waals surface area contributed by atoms with Crippen LogP contribution in [0, 0.1) is 0 Å². The summed E-state index contributed by atoms with van der Waals surface area (Å²) in [7, 11) is -2.07. The molecular formula is C26H36N2O4Si. The third-order valence-electron chi connectivity index (χ3n) is 6.70. The summed E-state index contributed by atoms with van der Waals surface area (Å²) in [5.74, 6) is -0.119. The van der Waals surface area contributed by atoms with Crippen molar-refractivity contribution in [1.82, 2.24) is 10.2 Å². The van der Waals surface area contributed by atoms with Gasteiger partial charge in [0, 0.05) is 6.54 Å². The Balaban J connectivity index is 1.71.